The first-order valence-electron chi connectivity index (χ1n) is 7.83. The van der Waals surface area contributed by atoms with Crippen molar-refractivity contribution in [3.63, 3.8) is 0 Å². The lowest BCUT2D eigenvalue weighted by Gasteiger charge is -2.21. The molecule has 1 N–H and O–H groups in total. The summed E-state index contributed by atoms with van der Waals surface area (Å²) in [7, 11) is 0. The number of rotatable bonds is 11. The molecule has 3 nitrogen and oxygen atoms in total. The molecular weight excluding hydrogens is 226 g/mol. The first-order chi connectivity index (χ1) is 8.93. The van der Waals surface area contributed by atoms with Crippen molar-refractivity contribution in [3.8, 4) is 0 Å². The van der Waals surface area contributed by atoms with E-state index in [-0.39, 0.29) is 0 Å². The maximum atomic E-state index is 5.80. The summed E-state index contributed by atoms with van der Waals surface area (Å²) in [5, 5.41) is 3.39. The van der Waals surface area contributed by atoms with Crippen LogP contribution < -0.4 is 5.32 Å². The summed E-state index contributed by atoms with van der Waals surface area (Å²) in [6.07, 6.45) is 11.0. The third kappa shape index (κ3) is 8.90. The van der Waals surface area contributed by atoms with Crippen molar-refractivity contribution in [2.45, 2.75) is 64.4 Å². The summed E-state index contributed by atoms with van der Waals surface area (Å²) < 4.78 is 11.3. The van der Waals surface area contributed by atoms with Crippen LogP contribution in [0.25, 0.3) is 0 Å². The average Bonchev–Trinajstić information content (AvgIpc) is 2.42. The summed E-state index contributed by atoms with van der Waals surface area (Å²) in [6.45, 7) is 6.63. The zero-order valence-corrected chi connectivity index (χ0v) is 12.1. The quantitative estimate of drug-likeness (QED) is 0.577. The first-order valence-corrected chi connectivity index (χ1v) is 7.83. The van der Waals surface area contributed by atoms with Crippen LogP contribution in [0.4, 0.5) is 0 Å². The smallest absolute Gasteiger partial charge is 0.0704 e. The predicted molar refractivity (Wildman–Crippen MR) is 76.0 cm³/mol. The van der Waals surface area contributed by atoms with Crippen LogP contribution >= 0.6 is 0 Å². The molecule has 0 aromatic heterocycles. The Balaban J connectivity index is 1.73. The minimum absolute atomic E-state index is 0.509. The van der Waals surface area contributed by atoms with Gasteiger partial charge in [-0.05, 0) is 25.8 Å². The van der Waals surface area contributed by atoms with Gasteiger partial charge in [-0.2, -0.15) is 0 Å². The molecule has 1 rings (SSSR count). The van der Waals surface area contributed by atoms with Crippen molar-refractivity contribution in [3.05, 3.63) is 0 Å². The maximum absolute atomic E-state index is 5.80. The van der Waals surface area contributed by atoms with Gasteiger partial charge in [0.1, 0.15) is 0 Å². The Morgan fingerprint density at radius 3 is 2.56 bits per heavy atom. The number of nitrogens with one attached hydrogen (secondary N) is 1. The topological polar surface area (TPSA) is 30.5 Å². The second-order valence-electron chi connectivity index (χ2n) is 5.20. The summed E-state index contributed by atoms with van der Waals surface area (Å²) in [5.74, 6) is 0. The zero-order valence-electron chi connectivity index (χ0n) is 12.1. The van der Waals surface area contributed by atoms with Gasteiger partial charge in [0.05, 0.1) is 25.9 Å². The second-order valence-corrected chi connectivity index (χ2v) is 5.20. The number of hydrogen-bond acceptors (Lipinski definition) is 3. The van der Waals surface area contributed by atoms with E-state index in [1.54, 1.807) is 0 Å². The van der Waals surface area contributed by atoms with Crippen LogP contribution in [0, 0.1) is 0 Å². The van der Waals surface area contributed by atoms with E-state index in [9.17, 15) is 0 Å². The van der Waals surface area contributed by atoms with E-state index in [1.807, 2.05) is 0 Å². The van der Waals surface area contributed by atoms with E-state index >= 15 is 0 Å². The lowest BCUT2D eigenvalue weighted by molar-refractivity contribution is -0.00945. The molecule has 0 aromatic carbocycles. The van der Waals surface area contributed by atoms with Crippen LogP contribution in [0.2, 0.25) is 0 Å². The zero-order chi connectivity index (χ0) is 12.9. The highest BCUT2D eigenvalue weighted by Gasteiger charge is 2.12. The molecule has 0 unspecified atom stereocenters. The van der Waals surface area contributed by atoms with Gasteiger partial charge >= 0.3 is 0 Å². The average molecular weight is 257 g/mol. The van der Waals surface area contributed by atoms with Crippen LogP contribution in [0.15, 0.2) is 0 Å². The van der Waals surface area contributed by atoms with Gasteiger partial charge in [-0.1, -0.05) is 39.0 Å². The molecule has 1 aliphatic carbocycles. The molecule has 0 amide bonds. The number of unbranched alkanes of at least 4 members (excludes halogenated alkanes) is 2. The molecule has 18 heavy (non-hydrogen) atoms. The minimum atomic E-state index is 0.509. The number of ether oxygens (including phenoxy) is 2. The third-order valence-electron chi connectivity index (χ3n) is 3.51. The molecule has 1 aliphatic rings. The highest BCUT2D eigenvalue weighted by molar-refractivity contribution is 4.64. The predicted octanol–water partition coefficient (Wildman–Crippen LogP) is 3.13. The lowest BCUT2D eigenvalue weighted by Crippen LogP contribution is -2.23. The van der Waals surface area contributed by atoms with E-state index < -0.39 is 0 Å². The molecule has 1 fully saturated rings. The van der Waals surface area contributed by atoms with Crippen molar-refractivity contribution < 1.29 is 9.47 Å². The maximum Gasteiger partial charge on any atom is 0.0704 e. The van der Waals surface area contributed by atoms with Crippen molar-refractivity contribution in [1.29, 1.82) is 0 Å². The van der Waals surface area contributed by atoms with Gasteiger partial charge in [0.25, 0.3) is 0 Å². The molecule has 0 saturated heterocycles. The Kier molecular flexibility index (Phi) is 10.6. The summed E-state index contributed by atoms with van der Waals surface area (Å²) >= 11 is 0. The van der Waals surface area contributed by atoms with Crippen molar-refractivity contribution in [1.82, 2.24) is 5.32 Å². The Labute approximate surface area is 113 Å². The Hall–Kier alpha value is -0.120. The Morgan fingerprint density at radius 1 is 0.944 bits per heavy atom. The largest absolute Gasteiger partial charge is 0.378 e. The highest BCUT2D eigenvalue weighted by atomic mass is 16.5. The molecule has 0 bridgehead atoms. The van der Waals surface area contributed by atoms with Gasteiger partial charge in [-0.25, -0.2) is 0 Å². The van der Waals surface area contributed by atoms with Gasteiger partial charge in [-0.15, -0.1) is 0 Å². The molecule has 1 saturated carbocycles. The van der Waals surface area contributed by atoms with Crippen LogP contribution in [-0.2, 0) is 9.47 Å². The fourth-order valence-corrected chi connectivity index (χ4v) is 2.38. The minimum Gasteiger partial charge on any atom is -0.378 e. The number of hydrogen-bond donors (Lipinski definition) is 1. The van der Waals surface area contributed by atoms with Gasteiger partial charge in [0.15, 0.2) is 0 Å². The van der Waals surface area contributed by atoms with E-state index in [1.165, 1.54) is 51.4 Å². The van der Waals surface area contributed by atoms with E-state index in [0.29, 0.717) is 6.10 Å². The van der Waals surface area contributed by atoms with Crippen LogP contribution in [0.5, 0.6) is 0 Å². The normalized spacial score (nSPS) is 17.2. The molecule has 0 atom stereocenters. The molecule has 108 valence electrons. The standard InChI is InChI=1S/C15H31NO2/c1-2-3-7-10-16-11-12-17-13-14-18-15-8-5-4-6-9-15/h15-16H,2-14H2,1H3. The molecule has 0 heterocycles. The highest BCUT2D eigenvalue weighted by Crippen LogP contribution is 2.19. The summed E-state index contributed by atoms with van der Waals surface area (Å²) in [4.78, 5) is 0. The van der Waals surface area contributed by atoms with Crippen molar-refractivity contribution >= 4 is 0 Å². The molecular formula is C15H31NO2. The van der Waals surface area contributed by atoms with Gasteiger partial charge in [-0.3, -0.25) is 0 Å². The molecule has 0 radical (unpaired) electrons. The third-order valence-corrected chi connectivity index (χ3v) is 3.51. The fraction of sp³-hybridized carbons (Fsp3) is 1.00. The molecule has 0 spiro atoms. The van der Waals surface area contributed by atoms with Gasteiger partial charge in [0, 0.05) is 6.54 Å². The first kappa shape index (κ1) is 15.9. The van der Waals surface area contributed by atoms with E-state index in [0.717, 1.165) is 32.9 Å². The monoisotopic (exact) mass is 257 g/mol. The summed E-state index contributed by atoms with van der Waals surface area (Å²) in [6, 6.07) is 0. The Morgan fingerprint density at radius 2 is 1.78 bits per heavy atom. The second kappa shape index (κ2) is 11.9. The van der Waals surface area contributed by atoms with E-state index in [2.05, 4.69) is 12.2 Å². The molecule has 0 aromatic rings. The van der Waals surface area contributed by atoms with Crippen LogP contribution in [-0.4, -0.2) is 39.0 Å². The van der Waals surface area contributed by atoms with Crippen molar-refractivity contribution in [2.75, 3.05) is 32.9 Å². The lowest BCUT2D eigenvalue weighted by atomic mass is 9.98. The van der Waals surface area contributed by atoms with Gasteiger partial charge in [0.2, 0.25) is 0 Å². The Bertz CT molecular complexity index is 170. The summed E-state index contributed by atoms with van der Waals surface area (Å²) in [5.41, 5.74) is 0. The van der Waals surface area contributed by atoms with Crippen LogP contribution in [0.3, 0.4) is 0 Å². The molecule has 3 heteroatoms. The van der Waals surface area contributed by atoms with Crippen LogP contribution in [0.1, 0.15) is 58.3 Å². The van der Waals surface area contributed by atoms with Gasteiger partial charge < -0.3 is 14.8 Å². The SMILES string of the molecule is CCCCCNCCOCCOC1CCCCC1. The van der Waals surface area contributed by atoms with E-state index in [4.69, 9.17) is 9.47 Å². The van der Waals surface area contributed by atoms with Crippen molar-refractivity contribution in [2.24, 2.45) is 0 Å². The molecule has 0 aliphatic heterocycles. The fourth-order valence-electron chi connectivity index (χ4n) is 2.38.